The van der Waals surface area contributed by atoms with Crippen molar-refractivity contribution in [2.24, 2.45) is 11.3 Å². The molecule has 3 aliphatic rings. The summed E-state index contributed by atoms with van der Waals surface area (Å²) in [5.41, 5.74) is 1.24. The number of carbonyl (C=O) groups excluding carboxylic acids is 1. The first-order chi connectivity index (χ1) is 12.3. The lowest BCUT2D eigenvalue weighted by Gasteiger charge is -2.32. The Hall–Kier alpha value is -1.95. The molecule has 4 heterocycles. The fourth-order valence-corrected chi connectivity index (χ4v) is 4.89. The van der Waals surface area contributed by atoms with Crippen molar-refractivity contribution in [1.82, 2.24) is 24.8 Å². The molecule has 6 nitrogen and oxygen atoms in total. The van der Waals surface area contributed by atoms with Crippen molar-refractivity contribution in [3.05, 3.63) is 30.2 Å². The molecule has 132 valence electrons. The molecule has 0 radical (unpaired) electrons. The van der Waals surface area contributed by atoms with Gasteiger partial charge >= 0.3 is 0 Å². The third-order valence-electron chi connectivity index (χ3n) is 6.60. The van der Waals surface area contributed by atoms with Gasteiger partial charge in [0.05, 0.1) is 0 Å². The summed E-state index contributed by atoms with van der Waals surface area (Å²) in [6.45, 7) is 3.86. The van der Waals surface area contributed by atoms with Crippen molar-refractivity contribution in [1.29, 1.82) is 0 Å². The van der Waals surface area contributed by atoms with Gasteiger partial charge < -0.3 is 10.2 Å². The number of nitrogens with one attached hydrogen (secondary N) is 1. The first kappa shape index (κ1) is 15.3. The summed E-state index contributed by atoms with van der Waals surface area (Å²) in [6, 6.07) is 5.99. The lowest BCUT2D eigenvalue weighted by molar-refractivity contribution is -0.134. The Labute approximate surface area is 147 Å². The van der Waals surface area contributed by atoms with E-state index in [0.29, 0.717) is 23.2 Å². The molecule has 2 aromatic rings. The Bertz CT molecular complexity index is 786. The van der Waals surface area contributed by atoms with Gasteiger partial charge in [-0.3, -0.25) is 9.20 Å². The zero-order chi connectivity index (χ0) is 16.9. The van der Waals surface area contributed by atoms with E-state index in [4.69, 9.17) is 0 Å². The fraction of sp³-hybridized carbons (Fsp3) is 0.632. The molecule has 3 fully saturated rings. The molecule has 2 aromatic heterocycles. The number of carbonyl (C=O) groups is 1. The quantitative estimate of drug-likeness (QED) is 0.907. The highest BCUT2D eigenvalue weighted by Gasteiger charge is 2.58. The van der Waals surface area contributed by atoms with Crippen LogP contribution in [-0.2, 0) is 4.79 Å². The second-order valence-corrected chi connectivity index (χ2v) is 7.96. The Balaban J connectivity index is 1.24. The lowest BCUT2D eigenvalue weighted by atomic mass is 9.90. The number of likely N-dealkylation sites (tertiary alicyclic amines) is 1. The summed E-state index contributed by atoms with van der Waals surface area (Å²) < 4.78 is 2.09. The molecule has 1 N–H and O–H groups in total. The molecular formula is C19H25N5O. The monoisotopic (exact) mass is 339 g/mol. The second kappa shape index (κ2) is 5.80. The van der Waals surface area contributed by atoms with Crippen molar-refractivity contribution in [2.75, 3.05) is 26.2 Å². The summed E-state index contributed by atoms with van der Waals surface area (Å²) >= 11 is 0. The van der Waals surface area contributed by atoms with Crippen LogP contribution in [0.4, 0.5) is 0 Å². The summed E-state index contributed by atoms with van der Waals surface area (Å²) in [6.07, 6.45) is 7.47. The van der Waals surface area contributed by atoms with Gasteiger partial charge in [-0.05, 0) is 62.7 Å². The highest BCUT2D eigenvalue weighted by Crippen LogP contribution is 2.59. The third kappa shape index (κ3) is 2.54. The van der Waals surface area contributed by atoms with Crippen LogP contribution in [0.1, 0.15) is 43.8 Å². The standard InChI is InChI=1S/C19H25N5O/c25-18(15-13-19(15)6-8-20-9-7-19)23-11-4-14(5-12-23)17-22-21-16-3-1-2-10-24(16)17/h1-3,10,14-15,20H,4-9,11-13H2. The van der Waals surface area contributed by atoms with Crippen LogP contribution in [0, 0.1) is 11.3 Å². The second-order valence-electron chi connectivity index (χ2n) is 7.96. The van der Waals surface area contributed by atoms with E-state index in [0.717, 1.165) is 56.9 Å². The number of aromatic nitrogens is 3. The molecule has 2 aliphatic heterocycles. The maximum Gasteiger partial charge on any atom is 0.226 e. The fourth-order valence-electron chi connectivity index (χ4n) is 4.89. The Kier molecular flexibility index (Phi) is 3.55. The van der Waals surface area contributed by atoms with Crippen LogP contribution < -0.4 is 5.32 Å². The van der Waals surface area contributed by atoms with E-state index in [2.05, 4.69) is 24.8 Å². The van der Waals surface area contributed by atoms with Gasteiger partial charge in [0.1, 0.15) is 5.82 Å². The average molecular weight is 339 g/mol. The van der Waals surface area contributed by atoms with Crippen molar-refractivity contribution in [3.63, 3.8) is 0 Å². The van der Waals surface area contributed by atoms with Crippen molar-refractivity contribution in [2.45, 2.75) is 38.0 Å². The first-order valence-electron chi connectivity index (χ1n) is 9.56. The predicted molar refractivity (Wildman–Crippen MR) is 94.2 cm³/mol. The molecule has 6 heteroatoms. The molecule has 1 saturated carbocycles. The van der Waals surface area contributed by atoms with Crippen LogP contribution in [0.2, 0.25) is 0 Å². The van der Waals surface area contributed by atoms with Gasteiger partial charge in [-0.25, -0.2) is 0 Å². The van der Waals surface area contributed by atoms with Crippen LogP contribution in [0.25, 0.3) is 5.65 Å². The van der Waals surface area contributed by atoms with Gasteiger partial charge in [0.25, 0.3) is 0 Å². The number of piperidine rings is 2. The number of pyridine rings is 1. The van der Waals surface area contributed by atoms with E-state index in [-0.39, 0.29) is 0 Å². The third-order valence-corrected chi connectivity index (χ3v) is 6.60. The molecule has 0 bridgehead atoms. The molecule has 1 spiro atoms. The van der Waals surface area contributed by atoms with Crippen LogP contribution in [0.3, 0.4) is 0 Å². The van der Waals surface area contributed by atoms with E-state index in [9.17, 15) is 4.79 Å². The maximum absolute atomic E-state index is 12.9. The van der Waals surface area contributed by atoms with Gasteiger partial charge in [-0.15, -0.1) is 10.2 Å². The van der Waals surface area contributed by atoms with Gasteiger partial charge in [0.2, 0.25) is 5.91 Å². The van der Waals surface area contributed by atoms with Gasteiger partial charge in [0, 0.05) is 31.1 Å². The number of hydrogen-bond acceptors (Lipinski definition) is 4. The van der Waals surface area contributed by atoms with Crippen LogP contribution >= 0.6 is 0 Å². The van der Waals surface area contributed by atoms with Crippen molar-refractivity contribution in [3.8, 4) is 0 Å². The maximum atomic E-state index is 12.9. The smallest absolute Gasteiger partial charge is 0.226 e. The Morgan fingerprint density at radius 1 is 1.16 bits per heavy atom. The van der Waals surface area contributed by atoms with Crippen LogP contribution in [0.15, 0.2) is 24.4 Å². The largest absolute Gasteiger partial charge is 0.342 e. The minimum Gasteiger partial charge on any atom is -0.342 e. The number of fused-ring (bicyclic) bond motifs is 1. The summed E-state index contributed by atoms with van der Waals surface area (Å²) in [7, 11) is 0. The molecular weight excluding hydrogens is 314 g/mol. The van der Waals surface area contributed by atoms with Crippen molar-refractivity contribution >= 4 is 11.6 Å². The highest BCUT2D eigenvalue weighted by molar-refractivity contribution is 5.82. The summed E-state index contributed by atoms with van der Waals surface area (Å²) in [5, 5.41) is 12.1. The minimum absolute atomic E-state index is 0.292. The van der Waals surface area contributed by atoms with Gasteiger partial charge in [0.15, 0.2) is 5.65 Å². The minimum atomic E-state index is 0.292. The molecule has 1 amide bonds. The topological polar surface area (TPSA) is 62.5 Å². The average Bonchev–Trinajstić information content (AvgIpc) is 3.17. The summed E-state index contributed by atoms with van der Waals surface area (Å²) in [5.74, 6) is 2.14. The molecule has 1 unspecified atom stereocenters. The van der Waals surface area contributed by atoms with Crippen LogP contribution in [0.5, 0.6) is 0 Å². The number of hydrogen-bond donors (Lipinski definition) is 1. The zero-order valence-corrected chi connectivity index (χ0v) is 14.5. The van der Waals surface area contributed by atoms with E-state index >= 15 is 0 Å². The predicted octanol–water partition coefficient (Wildman–Crippen LogP) is 1.82. The van der Waals surface area contributed by atoms with E-state index in [1.807, 2.05) is 24.4 Å². The zero-order valence-electron chi connectivity index (χ0n) is 14.5. The lowest BCUT2D eigenvalue weighted by Crippen LogP contribution is -2.41. The molecule has 1 aliphatic carbocycles. The van der Waals surface area contributed by atoms with E-state index in [1.54, 1.807) is 0 Å². The molecule has 0 aromatic carbocycles. The SMILES string of the molecule is O=C(C1CC12CCNCC2)N1CCC(c2nnc3ccccn23)CC1. The number of amides is 1. The number of rotatable bonds is 2. The van der Waals surface area contributed by atoms with Gasteiger partial charge in [-0.2, -0.15) is 0 Å². The number of nitrogens with zero attached hydrogens (tertiary/aromatic N) is 4. The van der Waals surface area contributed by atoms with Gasteiger partial charge in [-0.1, -0.05) is 6.07 Å². The highest BCUT2D eigenvalue weighted by atomic mass is 16.2. The Morgan fingerprint density at radius 3 is 2.76 bits per heavy atom. The Morgan fingerprint density at radius 2 is 1.96 bits per heavy atom. The molecule has 25 heavy (non-hydrogen) atoms. The molecule has 1 atom stereocenters. The van der Waals surface area contributed by atoms with Crippen LogP contribution in [-0.4, -0.2) is 51.6 Å². The first-order valence-corrected chi connectivity index (χ1v) is 9.56. The summed E-state index contributed by atoms with van der Waals surface area (Å²) in [4.78, 5) is 15.0. The van der Waals surface area contributed by atoms with E-state index in [1.165, 1.54) is 12.8 Å². The molecule has 2 saturated heterocycles. The van der Waals surface area contributed by atoms with Crippen molar-refractivity contribution < 1.29 is 4.79 Å². The normalized spacial score (nSPS) is 26.2. The molecule has 5 rings (SSSR count). The van der Waals surface area contributed by atoms with E-state index < -0.39 is 0 Å².